The van der Waals surface area contributed by atoms with Crippen LogP contribution in [0.2, 0.25) is 0 Å². The highest BCUT2D eigenvalue weighted by Crippen LogP contribution is 2.08. The molecule has 0 aliphatic carbocycles. The number of hydrogen-bond acceptors (Lipinski definition) is 2. The largest absolute Gasteiger partial charge is 0.305 e. The van der Waals surface area contributed by atoms with Crippen molar-refractivity contribution in [1.29, 1.82) is 0 Å². The second kappa shape index (κ2) is 5.55. The van der Waals surface area contributed by atoms with E-state index in [0.717, 1.165) is 12.5 Å². The lowest BCUT2D eigenvalue weighted by atomic mass is 10.0. The molecule has 0 aliphatic heterocycles. The van der Waals surface area contributed by atoms with E-state index in [-0.39, 0.29) is 0 Å². The summed E-state index contributed by atoms with van der Waals surface area (Å²) in [4.78, 5) is 4.68. The van der Waals surface area contributed by atoms with Gasteiger partial charge in [-0.05, 0) is 33.6 Å². The van der Waals surface area contributed by atoms with Gasteiger partial charge in [-0.25, -0.2) is 0 Å². The summed E-state index contributed by atoms with van der Waals surface area (Å²) in [6, 6.07) is 0.676. The molecule has 0 saturated heterocycles. The van der Waals surface area contributed by atoms with Crippen molar-refractivity contribution in [2.75, 3.05) is 34.2 Å². The van der Waals surface area contributed by atoms with E-state index < -0.39 is 0 Å². The average Bonchev–Trinajstić information content (AvgIpc) is 1.98. The third-order valence-electron chi connectivity index (χ3n) is 2.47. The molecule has 0 aromatic carbocycles. The van der Waals surface area contributed by atoms with Crippen LogP contribution in [0.25, 0.3) is 0 Å². The summed E-state index contributed by atoms with van der Waals surface area (Å²) in [5.41, 5.74) is 0. The highest BCUT2D eigenvalue weighted by molar-refractivity contribution is 4.72. The third kappa shape index (κ3) is 4.07. The van der Waals surface area contributed by atoms with Crippen molar-refractivity contribution in [2.24, 2.45) is 5.92 Å². The predicted octanol–water partition coefficient (Wildman–Crippen LogP) is 1.52. The van der Waals surface area contributed by atoms with Crippen LogP contribution in [0, 0.1) is 5.92 Å². The first-order valence-corrected chi connectivity index (χ1v) is 4.84. The zero-order valence-electron chi connectivity index (χ0n) is 9.46. The van der Waals surface area contributed by atoms with Crippen molar-refractivity contribution in [3.05, 3.63) is 0 Å². The Balaban J connectivity index is 3.95. The first-order chi connectivity index (χ1) is 5.49. The van der Waals surface area contributed by atoms with Gasteiger partial charge < -0.3 is 9.80 Å². The van der Waals surface area contributed by atoms with Gasteiger partial charge >= 0.3 is 0 Å². The van der Waals surface area contributed by atoms with Gasteiger partial charge in [0.2, 0.25) is 0 Å². The number of rotatable bonds is 5. The van der Waals surface area contributed by atoms with E-state index in [2.05, 4.69) is 51.7 Å². The molecule has 2 heteroatoms. The molecular weight excluding hydrogens is 148 g/mol. The molecule has 0 aromatic rings. The second-order valence-corrected chi connectivity index (χ2v) is 4.13. The van der Waals surface area contributed by atoms with Crippen LogP contribution in [-0.2, 0) is 0 Å². The molecule has 0 saturated carbocycles. The van der Waals surface area contributed by atoms with E-state index in [4.69, 9.17) is 0 Å². The molecular formula is C10H24N2. The van der Waals surface area contributed by atoms with Gasteiger partial charge in [0.15, 0.2) is 0 Å². The van der Waals surface area contributed by atoms with Gasteiger partial charge in [-0.15, -0.1) is 0 Å². The maximum atomic E-state index is 2.37. The zero-order chi connectivity index (χ0) is 9.72. The minimum absolute atomic E-state index is 0.676. The van der Waals surface area contributed by atoms with Crippen LogP contribution in [0.3, 0.4) is 0 Å². The average molecular weight is 172 g/mol. The first-order valence-electron chi connectivity index (χ1n) is 4.84. The Kier molecular flexibility index (Phi) is 5.51. The van der Waals surface area contributed by atoms with E-state index in [1.807, 2.05) is 0 Å². The van der Waals surface area contributed by atoms with Gasteiger partial charge in [-0.1, -0.05) is 20.8 Å². The highest BCUT2D eigenvalue weighted by atomic mass is 15.2. The Labute approximate surface area is 77.5 Å². The van der Waals surface area contributed by atoms with Crippen LogP contribution in [-0.4, -0.2) is 50.1 Å². The van der Waals surface area contributed by atoms with Crippen molar-refractivity contribution in [3.8, 4) is 0 Å². The van der Waals surface area contributed by atoms with Gasteiger partial charge in [-0.2, -0.15) is 0 Å². The molecule has 0 heterocycles. The summed E-state index contributed by atoms with van der Waals surface area (Å²) in [6.45, 7) is 9.08. The lowest BCUT2D eigenvalue weighted by Gasteiger charge is -2.31. The van der Waals surface area contributed by atoms with E-state index in [9.17, 15) is 0 Å². The van der Waals surface area contributed by atoms with Crippen LogP contribution in [0.5, 0.6) is 0 Å². The summed E-state index contributed by atoms with van der Waals surface area (Å²) in [7, 11) is 6.50. The van der Waals surface area contributed by atoms with Crippen molar-refractivity contribution in [3.63, 3.8) is 0 Å². The SMILES string of the molecule is CCN(C)C[C@H](C(C)C)N(C)C. The summed E-state index contributed by atoms with van der Waals surface area (Å²) < 4.78 is 0. The molecule has 0 fully saturated rings. The third-order valence-corrected chi connectivity index (χ3v) is 2.47. The molecule has 74 valence electrons. The van der Waals surface area contributed by atoms with Crippen LogP contribution in [0.4, 0.5) is 0 Å². The lowest BCUT2D eigenvalue weighted by Crippen LogP contribution is -2.42. The molecule has 0 spiro atoms. The maximum absolute atomic E-state index is 2.37. The second-order valence-electron chi connectivity index (χ2n) is 4.13. The Morgan fingerprint density at radius 3 is 1.83 bits per heavy atom. The van der Waals surface area contributed by atoms with Crippen molar-refractivity contribution in [1.82, 2.24) is 9.80 Å². The zero-order valence-corrected chi connectivity index (χ0v) is 9.46. The molecule has 0 rings (SSSR count). The standard InChI is InChI=1S/C10H24N2/c1-7-12(6)8-10(9(2)3)11(4)5/h9-10H,7-8H2,1-6H3/t10-/m1/s1. The molecule has 0 aliphatic rings. The molecule has 0 aromatic heterocycles. The smallest absolute Gasteiger partial charge is 0.0239 e. The normalized spacial score (nSPS) is 14.8. The minimum atomic E-state index is 0.676. The highest BCUT2D eigenvalue weighted by Gasteiger charge is 2.16. The summed E-state index contributed by atoms with van der Waals surface area (Å²) in [5, 5.41) is 0. The molecule has 0 N–H and O–H groups in total. The van der Waals surface area contributed by atoms with Crippen molar-refractivity contribution >= 4 is 0 Å². The fourth-order valence-corrected chi connectivity index (χ4v) is 1.42. The van der Waals surface area contributed by atoms with E-state index in [1.54, 1.807) is 0 Å². The quantitative estimate of drug-likeness (QED) is 0.620. The van der Waals surface area contributed by atoms with Crippen LogP contribution in [0.1, 0.15) is 20.8 Å². The Morgan fingerprint density at radius 2 is 1.58 bits per heavy atom. The predicted molar refractivity (Wildman–Crippen MR) is 55.5 cm³/mol. The number of hydrogen-bond donors (Lipinski definition) is 0. The Bertz CT molecular complexity index is 102. The summed E-state index contributed by atoms with van der Waals surface area (Å²) in [5.74, 6) is 0.731. The summed E-state index contributed by atoms with van der Waals surface area (Å²) >= 11 is 0. The van der Waals surface area contributed by atoms with Crippen molar-refractivity contribution < 1.29 is 0 Å². The maximum Gasteiger partial charge on any atom is 0.0239 e. The van der Waals surface area contributed by atoms with Crippen LogP contribution in [0.15, 0.2) is 0 Å². The molecule has 12 heavy (non-hydrogen) atoms. The van der Waals surface area contributed by atoms with Crippen molar-refractivity contribution in [2.45, 2.75) is 26.8 Å². The van der Waals surface area contributed by atoms with Gasteiger partial charge in [0.1, 0.15) is 0 Å². The van der Waals surface area contributed by atoms with E-state index >= 15 is 0 Å². The number of likely N-dealkylation sites (N-methyl/N-ethyl adjacent to an activating group) is 2. The molecule has 2 nitrogen and oxygen atoms in total. The molecule has 0 bridgehead atoms. The Morgan fingerprint density at radius 1 is 1.08 bits per heavy atom. The first kappa shape index (κ1) is 11.9. The van der Waals surface area contributed by atoms with Gasteiger partial charge in [0, 0.05) is 12.6 Å². The summed E-state index contributed by atoms with van der Waals surface area (Å²) in [6.07, 6.45) is 0. The fraction of sp³-hybridized carbons (Fsp3) is 1.00. The molecule has 0 unspecified atom stereocenters. The monoisotopic (exact) mass is 172 g/mol. The topological polar surface area (TPSA) is 6.48 Å². The lowest BCUT2D eigenvalue weighted by molar-refractivity contribution is 0.171. The van der Waals surface area contributed by atoms with Crippen LogP contribution < -0.4 is 0 Å². The van der Waals surface area contributed by atoms with Crippen LogP contribution >= 0.6 is 0 Å². The fourth-order valence-electron chi connectivity index (χ4n) is 1.42. The number of nitrogens with zero attached hydrogens (tertiary/aromatic N) is 2. The minimum Gasteiger partial charge on any atom is -0.305 e. The van der Waals surface area contributed by atoms with Gasteiger partial charge in [0.05, 0.1) is 0 Å². The van der Waals surface area contributed by atoms with Gasteiger partial charge in [-0.3, -0.25) is 0 Å². The van der Waals surface area contributed by atoms with Gasteiger partial charge in [0.25, 0.3) is 0 Å². The molecule has 0 amide bonds. The Hall–Kier alpha value is -0.0800. The van der Waals surface area contributed by atoms with E-state index in [1.165, 1.54) is 6.54 Å². The molecule has 1 atom stereocenters. The van der Waals surface area contributed by atoms with E-state index in [0.29, 0.717) is 6.04 Å². The molecule has 0 radical (unpaired) electrons.